The standard InChI is InChI=1S/C14H21ClN2/c1-3-14(2)11-16-8-9-17(14)10-12-4-6-13(15)7-5-12/h4-7,16H,3,8-11H2,1-2H3. The van der Waals surface area contributed by atoms with Crippen molar-refractivity contribution in [2.45, 2.75) is 32.4 Å². The molecule has 0 amide bonds. The van der Waals surface area contributed by atoms with Gasteiger partial charge in [-0.05, 0) is 31.0 Å². The molecule has 0 spiro atoms. The molecule has 1 N–H and O–H groups in total. The molecular formula is C14H21ClN2. The molecule has 1 unspecified atom stereocenters. The molecule has 94 valence electrons. The van der Waals surface area contributed by atoms with Crippen LogP contribution in [0.3, 0.4) is 0 Å². The SMILES string of the molecule is CCC1(C)CNCCN1Cc1ccc(Cl)cc1. The molecule has 3 heteroatoms. The molecular weight excluding hydrogens is 232 g/mol. The van der Waals surface area contributed by atoms with Gasteiger partial charge in [0.05, 0.1) is 0 Å². The zero-order valence-corrected chi connectivity index (χ0v) is 11.4. The highest BCUT2D eigenvalue weighted by Gasteiger charge is 2.32. The van der Waals surface area contributed by atoms with Gasteiger partial charge in [-0.15, -0.1) is 0 Å². The van der Waals surface area contributed by atoms with Crippen LogP contribution in [0.25, 0.3) is 0 Å². The summed E-state index contributed by atoms with van der Waals surface area (Å²) in [6.07, 6.45) is 1.17. The molecule has 1 aliphatic heterocycles. The number of rotatable bonds is 3. The van der Waals surface area contributed by atoms with Gasteiger partial charge in [-0.2, -0.15) is 0 Å². The fourth-order valence-electron chi connectivity index (χ4n) is 2.38. The number of piperazine rings is 1. The average Bonchev–Trinajstić information content (AvgIpc) is 2.35. The number of benzene rings is 1. The minimum atomic E-state index is 0.276. The van der Waals surface area contributed by atoms with Crippen LogP contribution in [0.5, 0.6) is 0 Å². The molecule has 2 nitrogen and oxygen atoms in total. The highest BCUT2D eigenvalue weighted by molar-refractivity contribution is 6.30. The number of nitrogens with zero attached hydrogens (tertiary/aromatic N) is 1. The lowest BCUT2D eigenvalue weighted by molar-refractivity contribution is 0.0638. The van der Waals surface area contributed by atoms with Gasteiger partial charge in [-0.3, -0.25) is 4.90 Å². The Morgan fingerprint density at radius 3 is 2.71 bits per heavy atom. The molecule has 1 fully saturated rings. The maximum absolute atomic E-state index is 5.91. The van der Waals surface area contributed by atoms with Crippen molar-refractivity contribution in [3.8, 4) is 0 Å². The van der Waals surface area contributed by atoms with Crippen molar-refractivity contribution in [3.63, 3.8) is 0 Å². The normalized spacial score (nSPS) is 26.1. The highest BCUT2D eigenvalue weighted by atomic mass is 35.5. The van der Waals surface area contributed by atoms with Crippen LogP contribution in [-0.4, -0.2) is 30.1 Å². The van der Waals surface area contributed by atoms with Crippen molar-refractivity contribution in [2.24, 2.45) is 0 Å². The van der Waals surface area contributed by atoms with Crippen molar-refractivity contribution < 1.29 is 0 Å². The van der Waals surface area contributed by atoms with Crippen LogP contribution in [0.4, 0.5) is 0 Å². The van der Waals surface area contributed by atoms with Crippen molar-refractivity contribution in [2.75, 3.05) is 19.6 Å². The number of nitrogens with one attached hydrogen (secondary N) is 1. The predicted molar refractivity (Wildman–Crippen MR) is 73.4 cm³/mol. The maximum Gasteiger partial charge on any atom is 0.0406 e. The first-order valence-corrected chi connectivity index (χ1v) is 6.72. The van der Waals surface area contributed by atoms with Crippen LogP contribution < -0.4 is 5.32 Å². The summed E-state index contributed by atoms with van der Waals surface area (Å²) >= 11 is 5.91. The van der Waals surface area contributed by atoms with E-state index in [4.69, 9.17) is 11.6 Å². The van der Waals surface area contributed by atoms with Gasteiger partial charge in [0.2, 0.25) is 0 Å². The summed E-state index contributed by atoms with van der Waals surface area (Å²) in [5.74, 6) is 0. The maximum atomic E-state index is 5.91. The molecule has 1 aromatic rings. The first kappa shape index (κ1) is 12.9. The number of hydrogen-bond acceptors (Lipinski definition) is 2. The van der Waals surface area contributed by atoms with E-state index in [0.29, 0.717) is 0 Å². The summed E-state index contributed by atoms with van der Waals surface area (Å²) in [4.78, 5) is 2.58. The van der Waals surface area contributed by atoms with Crippen LogP contribution >= 0.6 is 11.6 Å². The molecule has 2 rings (SSSR count). The Balaban J connectivity index is 2.08. The van der Waals surface area contributed by atoms with E-state index in [1.807, 2.05) is 12.1 Å². The molecule has 1 atom stereocenters. The molecule has 17 heavy (non-hydrogen) atoms. The smallest absolute Gasteiger partial charge is 0.0406 e. The molecule has 1 aromatic carbocycles. The molecule has 1 aliphatic rings. The summed E-state index contributed by atoms with van der Waals surface area (Å²) in [5.41, 5.74) is 1.62. The summed E-state index contributed by atoms with van der Waals surface area (Å²) in [6, 6.07) is 8.20. The van der Waals surface area contributed by atoms with Crippen LogP contribution in [0.2, 0.25) is 5.02 Å². The minimum Gasteiger partial charge on any atom is -0.314 e. The van der Waals surface area contributed by atoms with Gasteiger partial charge in [0.15, 0.2) is 0 Å². The van der Waals surface area contributed by atoms with Crippen molar-refractivity contribution in [1.82, 2.24) is 10.2 Å². The van der Waals surface area contributed by atoms with Crippen molar-refractivity contribution >= 4 is 11.6 Å². The fourth-order valence-corrected chi connectivity index (χ4v) is 2.51. The van der Waals surface area contributed by atoms with E-state index in [0.717, 1.165) is 31.2 Å². The van der Waals surface area contributed by atoms with Gasteiger partial charge in [0.25, 0.3) is 0 Å². The first-order chi connectivity index (χ1) is 8.14. The Morgan fingerprint density at radius 1 is 1.35 bits per heavy atom. The minimum absolute atomic E-state index is 0.276. The predicted octanol–water partition coefficient (Wildman–Crippen LogP) is 2.91. The third-order valence-corrected chi connectivity index (χ3v) is 4.13. The molecule has 1 saturated heterocycles. The first-order valence-electron chi connectivity index (χ1n) is 6.34. The third kappa shape index (κ3) is 3.01. The Bertz CT molecular complexity index is 363. The van der Waals surface area contributed by atoms with Gasteiger partial charge < -0.3 is 5.32 Å². The third-order valence-electron chi connectivity index (χ3n) is 3.88. The van der Waals surface area contributed by atoms with Gasteiger partial charge in [-0.25, -0.2) is 0 Å². The second kappa shape index (κ2) is 5.38. The van der Waals surface area contributed by atoms with Crippen LogP contribution in [0.15, 0.2) is 24.3 Å². The largest absolute Gasteiger partial charge is 0.314 e. The lowest BCUT2D eigenvalue weighted by Gasteiger charge is -2.45. The van der Waals surface area contributed by atoms with E-state index in [2.05, 4.69) is 36.2 Å². The van der Waals surface area contributed by atoms with Crippen LogP contribution in [-0.2, 0) is 6.54 Å². The average molecular weight is 253 g/mol. The lowest BCUT2D eigenvalue weighted by atomic mass is 9.93. The van der Waals surface area contributed by atoms with Crippen molar-refractivity contribution in [3.05, 3.63) is 34.9 Å². The Morgan fingerprint density at radius 2 is 2.06 bits per heavy atom. The second-order valence-corrected chi connectivity index (χ2v) is 5.51. The van der Waals surface area contributed by atoms with Crippen molar-refractivity contribution in [1.29, 1.82) is 0 Å². The molecule has 0 aliphatic carbocycles. The molecule has 0 saturated carbocycles. The molecule has 1 heterocycles. The highest BCUT2D eigenvalue weighted by Crippen LogP contribution is 2.23. The Labute approximate surface area is 109 Å². The summed E-state index contributed by atoms with van der Waals surface area (Å²) in [7, 11) is 0. The summed E-state index contributed by atoms with van der Waals surface area (Å²) < 4.78 is 0. The van der Waals surface area contributed by atoms with E-state index < -0.39 is 0 Å². The van der Waals surface area contributed by atoms with E-state index >= 15 is 0 Å². The van der Waals surface area contributed by atoms with E-state index in [-0.39, 0.29) is 5.54 Å². The monoisotopic (exact) mass is 252 g/mol. The fraction of sp³-hybridized carbons (Fsp3) is 0.571. The van der Waals surface area contributed by atoms with Gasteiger partial charge >= 0.3 is 0 Å². The molecule has 0 aromatic heterocycles. The van der Waals surface area contributed by atoms with Gasteiger partial charge in [0, 0.05) is 36.7 Å². The quantitative estimate of drug-likeness (QED) is 0.890. The summed E-state index contributed by atoms with van der Waals surface area (Å²) in [5, 5.41) is 4.30. The van der Waals surface area contributed by atoms with Crippen LogP contribution in [0.1, 0.15) is 25.8 Å². The Kier molecular flexibility index (Phi) is 4.08. The van der Waals surface area contributed by atoms with Crippen LogP contribution in [0, 0.1) is 0 Å². The topological polar surface area (TPSA) is 15.3 Å². The molecule has 0 radical (unpaired) electrons. The Hall–Kier alpha value is -0.570. The number of hydrogen-bond donors (Lipinski definition) is 1. The van der Waals surface area contributed by atoms with Gasteiger partial charge in [-0.1, -0.05) is 30.7 Å². The van der Waals surface area contributed by atoms with Gasteiger partial charge in [0.1, 0.15) is 0 Å². The zero-order chi connectivity index (χ0) is 12.3. The number of halogens is 1. The molecule has 0 bridgehead atoms. The lowest BCUT2D eigenvalue weighted by Crippen LogP contribution is -2.58. The van der Waals surface area contributed by atoms with E-state index in [9.17, 15) is 0 Å². The second-order valence-electron chi connectivity index (χ2n) is 5.08. The zero-order valence-electron chi connectivity index (χ0n) is 10.7. The van der Waals surface area contributed by atoms with E-state index in [1.165, 1.54) is 12.0 Å². The summed E-state index contributed by atoms with van der Waals surface area (Å²) in [6.45, 7) is 8.91. The van der Waals surface area contributed by atoms with E-state index in [1.54, 1.807) is 0 Å².